The van der Waals surface area contributed by atoms with Gasteiger partial charge in [-0.25, -0.2) is 9.78 Å². The average molecular weight is 398 g/mol. The number of primary amides is 1. The van der Waals surface area contributed by atoms with E-state index in [-0.39, 0.29) is 6.42 Å². The molecule has 9 nitrogen and oxygen atoms in total. The number of halogens is 1. The van der Waals surface area contributed by atoms with E-state index < -0.39 is 22.0 Å². The van der Waals surface area contributed by atoms with Crippen molar-refractivity contribution in [2.24, 2.45) is 12.8 Å². The van der Waals surface area contributed by atoms with Crippen LogP contribution in [0.5, 0.6) is 0 Å². The number of hydrogen-bond acceptors (Lipinski definition) is 6. The quantitative estimate of drug-likeness (QED) is 0.653. The normalized spacial score (nSPS) is 11.8. The molecule has 0 bridgehead atoms. The number of fused-ring (bicyclic) bond motifs is 1. The highest BCUT2D eigenvalue weighted by molar-refractivity contribution is 7.87. The molecule has 0 atom stereocenters. The summed E-state index contributed by atoms with van der Waals surface area (Å²) in [7, 11) is -2.32. The summed E-state index contributed by atoms with van der Waals surface area (Å²) in [5.41, 5.74) is 6.80. The van der Waals surface area contributed by atoms with Crippen molar-refractivity contribution in [3.63, 3.8) is 0 Å². The van der Waals surface area contributed by atoms with Gasteiger partial charge in [-0.15, -0.1) is 0 Å². The van der Waals surface area contributed by atoms with E-state index in [0.717, 1.165) is 5.39 Å². The molecule has 0 aliphatic rings. The Morgan fingerprint density at radius 2 is 2.15 bits per heavy atom. The van der Waals surface area contributed by atoms with Crippen LogP contribution in [0.15, 0.2) is 24.5 Å². The van der Waals surface area contributed by atoms with E-state index >= 15 is 0 Å². The zero-order chi connectivity index (χ0) is 19.1. The van der Waals surface area contributed by atoms with Gasteiger partial charge >= 0.3 is 16.2 Å². The molecule has 0 fully saturated rings. The number of nitrogens with two attached hydrogens (primary N) is 1. The highest BCUT2D eigenvalue weighted by Crippen LogP contribution is 2.25. The third kappa shape index (κ3) is 3.51. The predicted octanol–water partition coefficient (Wildman–Crippen LogP) is 1.69. The van der Waals surface area contributed by atoms with E-state index in [4.69, 9.17) is 17.3 Å². The van der Waals surface area contributed by atoms with E-state index in [0.29, 0.717) is 27.7 Å². The molecule has 11 heteroatoms. The van der Waals surface area contributed by atoms with Crippen molar-refractivity contribution in [3.05, 3.63) is 40.8 Å². The molecule has 0 aliphatic carbocycles. The van der Waals surface area contributed by atoms with Crippen LogP contribution in [0.2, 0.25) is 5.02 Å². The molecule has 0 spiro atoms. The minimum absolute atomic E-state index is 0.0951. The van der Waals surface area contributed by atoms with Crippen molar-refractivity contribution in [1.82, 2.24) is 19.3 Å². The van der Waals surface area contributed by atoms with Crippen LogP contribution in [0.3, 0.4) is 0 Å². The molecule has 3 aromatic rings. The van der Waals surface area contributed by atoms with Crippen molar-refractivity contribution in [3.8, 4) is 5.82 Å². The zero-order valence-corrected chi connectivity index (χ0v) is 15.6. The Kier molecular flexibility index (Phi) is 4.63. The first-order chi connectivity index (χ1) is 12.2. The van der Waals surface area contributed by atoms with Gasteiger partial charge in [-0.1, -0.05) is 11.6 Å². The van der Waals surface area contributed by atoms with Gasteiger partial charge in [0.1, 0.15) is 11.5 Å². The Hall–Kier alpha value is -2.59. The molecule has 0 aromatic carbocycles. The van der Waals surface area contributed by atoms with Gasteiger partial charge in [0, 0.05) is 30.4 Å². The monoisotopic (exact) mass is 397 g/mol. The van der Waals surface area contributed by atoms with Crippen LogP contribution < -0.4 is 5.73 Å². The van der Waals surface area contributed by atoms with E-state index in [1.807, 2.05) is 16.8 Å². The summed E-state index contributed by atoms with van der Waals surface area (Å²) in [6.45, 7) is 1.77. The summed E-state index contributed by atoms with van der Waals surface area (Å²) < 4.78 is 31.2. The second kappa shape index (κ2) is 6.61. The summed E-state index contributed by atoms with van der Waals surface area (Å²) in [5.74, 6) is 0.259. The van der Waals surface area contributed by atoms with Gasteiger partial charge < -0.3 is 9.92 Å². The summed E-state index contributed by atoms with van der Waals surface area (Å²) in [4.78, 5) is 15.0. The van der Waals surface area contributed by atoms with Gasteiger partial charge in [0.15, 0.2) is 0 Å². The van der Waals surface area contributed by atoms with Gasteiger partial charge in [0.2, 0.25) is 0 Å². The second-order valence-electron chi connectivity index (χ2n) is 5.68. The Morgan fingerprint density at radius 3 is 2.85 bits per heavy atom. The maximum Gasteiger partial charge on any atom is 0.420 e. The molecule has 3 rings (SSSR count). The molecule has 0 unspecified atom stereocenters. The maximum absolute atomic E-state index is 11.8. The standard InChI is InChI=1S/C15H16ClN5O4S/c1-9-12(4-6-26(23,24)25-15(17)22)14(20(2)19-9)21-5-3-10-7-11(16)8-18-13(10)21/h3,5,7-8H,4,6H2,1-2H3,(H2,17,22). The van der Waals surface area contributed by atoms with E-state index in [2.05, 4.69) is 14.3 Å². The lowest BCUT2D eigenvalue weighted by molar-refractivity contribution is 0.213. The number of hydrogen-bond donors (Lipinski definition) is 1. The fraction of sp³-hybridized carbons (Fsp3) is 0.267. The topological polar surface area (TPSA) is 122 Å². The number of carbonyl (C=O) groups is 1. The van der Waals surface area contributed by atoms with Crippen molar-refractivity contribution in [2.45, 2.75) is 13.3 Å². The van der Waals surface area contributed by atoms with Gasteiger partial charge in [-0.3, -0.25) is 9.25 Å². The molecule has 0 saturated carbocycles. The summed E-state index contributed by atoms with van der Waals surface area (Å²) in [6, 6.07) is 3.64. The molecular formula is C15H16ClN5O4S. The van der Waals surface area contributed by atoms with E-state index in [9.17, 15) is 13.2 Å². The van der Waals surface area contributed by atoms with E-state index in [1.54, 1.807) is 24.7 Å². The van der Waals surface area contributed by atoms with Crippen molar-refractivity contribution in [2.75, 3.05) is 5.75 Å². The first kappa shape index (κ1) is 18.2. The molecule has 0 radical (unpaired) electrons. The lowest BCUT2D eigenvalue weighted by Crippen LogP contribution is -2.22. The predicted molar refractivity (Wildman–Crippen MR) is 95.7 cm³/mol. The fourth-order valence-electron chi connectivity index (χ4n) is 2.85. The molecule has 3 aromatic heterocycles. The number of rotatable bonds is 5. The third-order valence-electron chi connectivity index (χ3n) is 3.85. The minimum Gasteiger partial charge on any atom is -0.334 e. The summed E-state index contributed by atoms with van der Waals surface area (Å²) >= 11 is 5.97. The molecule has 138 valence electrons. The van der Waals surface area contributed by atoms with Gasteiger partial charge in [-0.2, -0.15) is 13.5 Å². The average Bonchev–Trinajstić information content (AvgIpc) is 3.03. The first-order valence-corrected chi connectivity index (χ1v) is 9.50. The van der Waals surface area contributed by atoms with Gasteiger partial charge in [-0.05, 0) is 25.5 Å². The van der Waals surface area contributed by atoms with Crippen molar-refractivity contribution < 1.29 is 17.4 Å². The highest BCUT2D eigenvalue weighted by atomic mass is 35.5. The largest absolute Gasteiger partial charge is 0.420 e. The maximum atomic E-state index is 11.8. The fourth-order valence-corrected chi connectivity index (χ4v) is 3.80. The lowest BCUT2D eigenvalue weighted by Gasteiger charge is -2.09. The van der Waals surface area contributed by atoms with Gasteiger partial charge in [0.05, 0.1) is 16.5 Å². The molecule has 1 amide bonds. The van der Waals surface area contributed by atoms with Crippen molar-refractivity contribution in [1.29, 1.82) is 0 Å². The molecule has 26 heavy (non-hydrogen) atoms. The summed E-state index contributed by atoms with van der Waals surface area (Å²) in [6.07, 6.45) is 2.08. The molecule has 3 heterocycles. The highest BCUT2D eigenvalue weighted by Gasteiger charge is 2.21. The van der Waals surface area contributed by atoms with Crippen LogP contribution in [0.25, 0.3) is 16.9 Å². The summed E-state index contributed by atoms with van der Waals surface area (Å²) in [5, 5.41) is 5.73. The first-order valence-electron chi connectivity index (χ1n) is 7.55. The number of aromatic nitrogens is 4. The smallest absolute Gasteiger partial charge is 0.334 e. The van der Waals surface area contributed by atoms with Crippen LogP contribution in [-0.4, -0.2) is 39.6 Å². The number of pyridine rings is 1. The third-order valence-corrected chi connectivity index (χ3v) is 5.17. The number of carbonyl (C=O) groups excluding carboxylic acids is 1. The number of aryl methyl sites for hydroxylation is 2. The van der Waals surface area contributed by atoms with Crippen LogP contribution in [0, 0.1) is 6.92 Å². The lowest BCUT2D eigenvalue weighted by atomic mass is 10.2. The number of nitrogens with zero attached hydrogens (tertiary/aromatic N) is 4. The van der Waals surface area contributed by atoms with Gasteiger partial charge in [0.25, 0.3) is 0 Å². The zero-order valence-electron chi connectivity index (χ0n) is 14.0. The van der Waals surface area contributed by atoms with Crippen molar-refractivity contribution >= 4 is 38.8 Å². The van der Waals surface area contributed by atoms with Crippen LogP contribution >= 0.6 is 11.6 Å². The number of amides is 1. The van der Waals surface area contributed by atoms with Crippen LogP contribution in [-0.2, 0) is 27.8 Å². The van der Waals surface area contributed by atoms with Crippen LogP contribution in [0.1, 0.15) is 11.3 Å². The second-order valence-corrected chi connectivity index (χ2v) is 7.80. The van der Waals surface area contributed by atoms with Crippen LogP contribution in [0.4, 0.5) is 4.79 Å². The molecular weight excluding hydrogens is 382 g/mol. The Morgan fingerprint density at radius 1 is 1.42 bits per heavy atom. The SMILES string of the molecule is Cc1nn(C)c(-n2ccc3cc(Cl)cnc32)c1CCS(=O)(=O)OC(N)=O. The molecule has 0 saturated heterocycles. The minimum atomic E-state index is -4.07. The Balaban J connectivity index is 2.02. The molecule has 0 aliphatic heterocycles. The Labute approximate surface area is 154 Å². The van der Waals surface area contributed by atoms with E-state index in [1.165, 1.54) is 6.20 Å². The molecule has 2 N–H and O–H groups in total. The Bertz CT molecular complexity index is 1100.